The summed E-state index contributed by atoms with van der Waals surface area (Å²) >= 11 is 0. The number of aliphatic hydroxyl groups excluding tert-OH is 1. The Hall–Kier alpha value is -0.650. The number of carbonyl (C=O) groups excluding carboxylic acids is 1. The molecule has 0 saturated carbocycles. The van der Waals surface area contributed by atoms with Gasteiger partial charge < -0.3 is 20.1 Å². The Morgan fingerprint density at radius 1 is 1.38 bits per heavy atom. The molecule has 0 spiro atoms. The van der Waals surface area contributed by atoms with E-state index in [1.807, 2.05) is 0 Å². The summed E-state index contributed by atoms with van der Waals surface area (Å²) in [5.41, 5.74) is 0. The van der Waals surface area contributed by atoms with Crippen molar-refractivity contribution in [3.05, 3.63) is 0 Å². The molecule has 5 heteroatoms. The number of likely N-dealkylation sites (tertiary alicyclic amines) is 1. The first-order chi connectivity index (χ1) is 7.79. The highest BCUT2D eigenvalue weighted by molar-refractivity contribution is 5.78. The number of piperidine rings is 1. The van der Waals surface area contributed by atoms with Gasteiger partial charge in [-0.3, -0.25) is 4.79 Å². The first kappa shape index (κ1) is 11.8. The third-order valence-corrected chi connectivity index (χ3v) is 3.30. The number of aliphatic hydroxyl groups is 1. The van der Waals surface area contributed by atoms with Gasteiger partial charge in [-0.2, -0.15) is 0 Å². The monoisotopic (exact) mass is 228 g/mol. The van der Waals surface area contributed by atoms with Crippen LogP contribution in [0.2, 0.25) is 0 Å². The van der Waals surface area contributed by atoms with Crippen LogP contribution in [0.3, 0.4) is 0 Å². The molecule has 5 nitrogen and oxygen atoms in total. The molecule has 0 aliphatic carbocycles. The largest absolute Gasteiger partial charge is 0.396 e. The van der Waals surface area contributed by atoms with Crippen LogP contribution in [0.1, 0.15) is 12.8 Å². The van der Waals surface area contributed by atoms with Gasteiger partial charge in [-0.1, -0.05) is 0 Å². The Bertz CT molecular complexity index is 235. The third-order valence-electron chi connectivity index (χ3n) is 3.30. The zero-order valence-corrected chi connectivity index (χ0v) is 9.52. The minimum absolute atomic E-state index is 0.0585. The second kappa shape index (κ2) is 5.61. The second-order valence-electron chi connectivity index (χ2n) is 4.61. The molecule has 0 radical (unpaired) electrons. The molecule has 2 N–H and O–H groups in total. The van der Waals surface area contributed by atoms with Crippen molar-refractivity contribution in [1.82, 2.24) is 10.2 Å². The Kier molecular flexibility index (Phi) is 4.15. The van der Waals surface area contributed by atoms with Gasteiger partial charge in [0.05, 0.1) is 6.10 Å². The second-order valence-corrected chi connectivity index (χ2v) is 4.61. The molecule has 92 valence electrons. The lowest BCUT2D eigenvalue weighted by Crippen LogP contribution is -2.52. The number of hydrogen-bond acceptors (Lipinski definition) is 4. The van der Waals surface area contributed by atoms with Crippen LogP contribution in [0, 0.1) is 5.92 Å². The lowest BCUT2D eigenvalue weighted by molar-refractivity contribution is -0.145. The summed E-state index contributed by atoms with van der Waals surface area (Å²) < 4.78 is 5.58. The highest BCUT2D eigenvalue weighted by Crippen LogP contribution is 2.15. The van der Waals surface area contributed by atoms with Crippen molar-refractivity contribution in [2.75, 3.05) is 39.4 Å². The topological polar surface area (TPSA) is 61.8 Å². The van der Waals surface area contributed by atoms with E-state index >= 15 is 0 Å². The molecule has 0 bridgehead atoms. The van der Waals surface area contributed by atoms with Crippen LogP contribution in [-0.4, -0.2) is 61.4 Å². The van der Waals surface area contributed by atoms with E-state index in [-0.39, 0.29) is 31.1 Å². The number of nitrogens with one attached hydrogen (secondary N) is 1. The fraction of sp³-hybridized carbons (Fsp3) is 0.909. The van der Waals surface area contributed by atoms with Crippen molar-refractivity contribution in [1.29, 1.82) is 0 Å². The fourth-order valence-electron chi connectivity index (χ4n) is 2.13. The van der Waals surface area contributed by atoms with Gasteiger partial charge in [-0.15, -0.1) is 0 Å². The van der Waals surface area contributed by atoms with Gasteiger partial charge in [-0.25, -0.2) is 0 Å². The van der Waals surface area contributed by atoms with Crippen LogP contribution in [0.15, 0.2) is 0 Å². The Labute approximate surface area is 95.8 Å². The zero-order chi connectivity index (χ0) is 11.4. The van der Waals surface area contributed by atoms with E-state index in [1.165, 1.54) is 0 Å². The standard InChI is InChI=1S/C11H20N2O3/c14-7-9-5-13(6-9)11(15)8-16-10-1-3-12-4-2-10/h9-10,12,14H,1-8H2. The highest BCUT2D eigenvalue weighted by Gasteiger charge is 2.30. The van der Waals surface area contributed by atoms with E-state index < -0.39 is 0 Å². The molecule has 0 aromatic carbocycles. The van der Waals surface area contributed by atoms with Crippen LogP contribution in [0.25, 0.3) is 0 Å². The Morgan fingerprint density at radius 3 is 2.69 bits per heavy atom. The molecular formula is C11H20N2O3. The number of nitrogens with zero attached hydrogens (tertiary/aromatic N) is 1. The molecule has 2 saturated heterocycles. The van der Waals surface area contributed by atoms with Crippen molar-refractivity contribution in [3.8, 4) is 0 Å². The molecule has 2 heterocycles. The molecule has 0 aromatic heterocycles. The van der Waals surface area contributed by atoms with E-state index in [2.05, 4.69) is 5.32 Å². The van der Waals surface area contributed by atoms with Crippen molar-refractivity contribution in [2.24, 2.45) is 5.92 Å². The maximum Gasteiger partial charge on any atom is 0.248 e. The average Bonchev–Trinajstić information content (AvgIpc) is 2.26. The fourth-order valence-corrected chi connectivity index (χ4v) is 2.13. The van der Waals surface area contributed by atoms with Gasteiger partial charge in [0.25, 0.3) is 0 Å². The highest BCUT2D eigenvalue weighted by atomic mass is 16.5. The summed E-state index contributed by atoms with van der Waals surface area (Å²) in [5, 5.41) is 12.1. The lowest BCUT2D eigenvalue weighted by Gasteiger charge is -2.38. The lowest BCUT2D eigenvalue weighted by atomic mass is 10.0. The first-order valence-electron chi connectivity index (χ1n) is 6.00. The number of ether oxygens (including phenoxy) is 1. The zero-order valence-electron chi connectivity index (χ0n) is 9.52. The summed E-state index contributed by atoms with van der Waals surface area (Å²) in [4.78, 5) is 13.4. The van der Waals surface area contributed by atoms with Crippen LogP contribution < -0.4 is 5.32 Å². The maximum atomic E-state index is 11.6. The van der Waals surface area contributed by atoms with Crippen molar-refractivity contribution in [2.45, 2.75) is 18.9 Å². The van der Waals surface area contributed by atoms with Crippen molar-refractivity contribution >= 4 is 5.91 Å². The van der Waals surface area contributed by atoms with E-state index in [1.54, 1.807) is 4.90 Å². The van der Waals surface area contributed by atoms with Crippen molar-refractivity contribution < 1.29 is 14.6 Å². The van der Waals surface area contributed by atoms with Gasteiger partial charge in [0.1, 0.15) is 6.61 Å². The van der Waals surface area contributed by atoms with E-state index in [9.17, 15) is 4.79 Å². The van der Waals surface area contributed by atoms with E-state index in [0.717, 1.165) is 25.9 Å². The molecule has 0 atom stereocenters. The summed E-state index contributed by atoms with van der Waals surface area (Å²) in [6.45, 7) is 3.71. The van der Waals surface area contributed by atoms with E-state index in [0.29, 0.717) is 13.1 Å². The molecule has 0 unspecified atom stereocenters. The number of carbonyl (C=O) groups is 1. The minimum atomic E-state index is 0.0585. The minimum Gasteiger partial charge on any atom is -0.396 e. The molecule has 2 fully saturated rings. The van der Waals surface area contributed by atoms with Gasteiger partial charge >= 0.3 is 0 Å². The number of amides is 1. The number of rotatable bonds is 4. The first-order valence-corrected chi connectivity index (χ1v) is 6.00. The van der Waals surface area contributed by atoms with Crippen LogP contribution in [0.5, 0.6) is 0 Å². The quantitative estimate of drug-likeness (QED) is 0.662. The Morgan fingerprint density at radius 2 is 2.06 bits per heavy atom. The van der Waals surface area contributed by atoms with Crippen LogP contribution in [0.4, 0.5) is 0 Å². The molecular weight excluding hydrogens is 208 g/mol. The SMILES string of the molecule is O=C(COC1CCNCC1)N1CC(CO)C1. The Balaban J connectivity index is 1.60. The summed E-state index contributed by atoms with van der Waals surface area (Å²) in [7, 11) is 0. The summed E-state index contributed by atoms with van der Waals surface area (Å²) in [6, 6.07) is 0. The van der Waals surface area contributed by atoms with Gasteiger partial charge in [0, 0.05) is 25.6 Å². The van der Waals surface area contributed by atoms with Gasteiger partial charge in [0.15, 0.2) is 0 Å². The molecule has 1 amide bonds. The average molecular weight is 228 g/mol. The van der Waals surface area contributed by atoms with Crippen LogP contribution >= 0.6 is 0 Å². The molecule has 2 aliphatic rings. The van der Waals surface area contributed by atoms with Gasteiger partial charge in [0.2, 0.25) is 5.91 Å². The predicted molar refractivity (Wildman–Crippen MR) is 59.0 cm³/mol. The molecule has 0 aromatic rings. The van der Waals surface area contributed by atoms with Crippen molar-refractivity contribution in [3.63, 3.8) is 0 Å². The van der Waals surface area contributed by atoms with E-state index in [4.69, 9.17) is 9.84 Å². The summed E-state index contributed by atoms with van der Waals surface area (Å²) in [5.74, 6) is 0.339. The van der Waals surface area contributed by atoms with Crippen LogP contribution in [-0.2, 0) is 9.53 Å². The van der Waals surface area contributed by atoms with Gasteiger partial charge in [-0.05, 0) is 25.9 Å². The molecule has 16 heavy (non-hydrogen) atoms. The third kappa shape index (κ3) is 2.93. The predicted octanol–water partition coefficient (Wildman–Crippen LogP) is -0.794. The molecule has 2 rings (SSSR count). The number of hydrogen-bond donors (Lipinski definition) is 2. The summed E-state index contributed by atoms with van der Waals surface area (Å²) in [6.07, 6.45) is 2.22. The smallest absolute Gasteiger partial charge is 0.248 e. The molecule has 2 aliphatic heterocycles. The normalized spacial score (nSPS) is 23.2. The maximum absolute atomic E-state index is 11.6.